The molecule has 0 aliphatic heterocycles. The third-order valence-electron chi connectivity index (χ3n) is 0.657. The molecule has 0 saturated heterocycles. The van der Waals surface area contributed by atoms with Gasteiger partial charge >= 0.3 is 0 Å². The molecule has 48 valence electrons. The number of carbonyl (C=O) groups excluding carboxylic acids is 1. The molecule has 0 aromatic heterocycles. The fourth-order valence-corrected chi connectivity index (χ4v) is 0.431. The normalized spacial score (nSPS) is 8.67. The third kappa shape index (κ3) is 5.13. The Labute approximate surface area is 59.7 Å². The lowest BCUT2D eigenvalue weighted by molar-refractivity contribution is -0.113. The third-order valence-corrected chi connectivity index (χ3v) is 0.835. The topological polar surface area (TPSA) is 17.1 Å². The number of allylic oxidation sites excluding steroid dienone is 1. The van der Waals surface area contributed by atoms with E-state index in [0.717, 1.165) is 0 Å². The average Bonchev–Trinajstić information content (AvgIpc) is 1.85. The molecular formula is C7H7ClO. The summed E-state index contributed by atoms with van der Waals surface area (Å²) in [5.74, 6) is 4.78. The highest BCUT2D eigenvalue weighted by atomic mass is 35.5. The van der Waals surface area contributed by atoms with Crippen LogP contribution >= 0.6 is 11.6 Å². The maximum atomic E-state index is 10.5. The van der Waals surface area contributed by atoms with Gasteiger partial charge in [-0.15, -0.1) is 0 Å². The fourth-order valence-electron chi connectivity index (χ4n) is 0.342. The van der Waals surface area contributed by atoms with Crippen LogP contribution in [0.4, 0.5) is 0 Å². The minimum atomic E-state index is -0.102. The van der Waals surface area contributed by atoms with Crippen molar-refractivity contribution in [1.82, 2.24) is 0 Å². The van der Waals surface area contributed by atoms with Crippen LogP contribution in [-0.4, -0.2) is 5.78 Å². The molecule has 0 atom stereocenters. The summed E-state index contributed by atoms with van der Waals surface area (Å²) in [6.07, 6.45) is 1.87. The first-order valence-electron chi connectivity index (χ1n) is 2.52. The van der Waals surface area contributed by atoms with E-state index in [-0.39, 0.29) is 5.78 Å². The van der Waals surface area contributed by atoms with Crippen LogP contribution in [0.3, 0.4) is 0 Å². The van der Waals surface area contributed by atoms with Gasteiger partial charge in [-0.2, -0.15) is 0 Å². The van der Waals surface area contributed by atoms with E-state index in [1.54, 1.807) is 13.0 Å². The summed E-state index contributed by atoms with van der Waals surface area (Å²) in [5.41, 5.74) is 1.31. The van der Waals surface area contributed by atoms with Gasteiger partial charge < -0.3 is 0 Å². The number of ketones is 1. The van der Waals surface area contributed by atoms with E-state index in [4.69, 9.17) is 11.6 Å². The van der Waals surface area contributed by atoms with E-state index in [1.807, 2.05) is 0 Å². The highest BCUT2D eigenvalue weighted by Gasteiger charge is 1.88. The molecule has 0 aromatic rings. The minimum absolute atomic E-state index is 0.102. The van der Waals surface area contributed by atoms with Crippen LogP contribution < -0.4 is 0 Å². The molecule has 0 aliphatic rings. The maximum absolute atomic E-state index is 10.5. The summed E-state index contributed by atoms with van der Waals surface area (Å²) >= 11 is 5.16. The molecule has 0 aliphatic carbocycles. The second-order valence-electron chi connectivity index (χ2n) is 1.36. The van der Waals surface area contributed by atoms with Gasteiger partial charge in [-0.3, -0.25) is 4.79 Å². The zero-order valence-corrected chi connectivity index (χ0v) is 5.90. The number of halogens is 1. The highest BCUT2D eigenvalue weighted by molar-refractivity contribution is 6.25. The van der Waals surface area contributed by atoms with E-state index >= 15 is 0 Å². The number of hydrogen-bond donors (Lipinski definition) is 0. The molecule has 0 bridgehead atoms. The SMILES string of the molecule is CC#CC(=O)CC=CCl. The monoisotopic (exact) mass is 142 g/mol. The lowest BCUT2D eigenvalue weighted by Crippen LogP contribution is -1.87. The standard InChI is InChI=1S/C7H7ClO/c1-2-4-7(9)5-3-6-8/h3,6H,5H2,1H3. The van der Waals surface area contributed by atoms with Gasteiger partial charge in [-0.25, -0.2) is 0 Å². The van der Waals surface area contributed by atoms with Crippen LogP contribution in [0.2, 0.25) is 0 Å². The summed E-state index contributed by atoms with van der Waals surface area (Å²) in [5, 5.41) is 0. The van der Waals surface area contributed by atoms with Gasteiger partial charge in [0, 0.05) is 12.0 Å². The smallest absolute Gasteiger partial charge is 0.209 e. The van der Waals surface area contributed by atoms with Gasteiger partial charge in [0.25, 0.3) is 0 Å². The molecule has 0 amide bonds. The molecule has 2 heteroatoms. The van der Waals surface area contributed by atoms with Gasteiger partial charge in [0.1, 0.15) is 0 Å². The Bertz CT molecular complexity index is 171. The van der Waals surface area contributed by atoms with E-state index in [1.165, 1.54) is 5.54 Å². The van der Waals surface area contributed by atoms with Crippen LogP contribution in [0.5, 0.6) is 0 Å². The molecule has 0 rings (SSSR count). The molecule has 0 saturated carbocycles. The number of Topliss-reactive ketones (excluding diaryl/α,β-unsaturated/α-hetero) is 1. The van der Waals surface area contributed by atoms with Crippen molar-refractivity contribution in [3.63, 3.8) is 0 Å². The Morgan fingerprint density at radius 2 is 2.44 bits per heavy atom. The van der Waals surface area contributed by atoms with E-state index < -0.39 is 0 Å². The van der Waals surface area contributed by atoms with Gasteiger partial charge in [-0.1, -0.05) is 23.6 Å². The quantitative estimate of drug-likeness (QED) is 0.424. The van der Waals surface area contributed by atoms with Crippen LogP contribution in [0.25, 0.3) is 0 Å². The van der Waals surface area contributed by atoms with Crippen LogP contribution in [0.1, 0.15) is 13.3 Å². The molecule has 0 unspecified atom stereocenters. The summed E-state index contributed by atoms with van der Waals surface area (Å²) in [7, 11) is 0. The molecular weight excluding hydrogens is 136 g/mol. The van der Waals surface area contributed by atoms with Gasteiger partial charge in [0.15, 0.2) is 0 Å². The second kappa shape index (κ2) is 5.40. The van der Waals surface area contributed by atoms with E-state index in [2.05, 4.69) is 11.8 Å². The molecule has 0 N–H and O–H groups in total. The summed E-state index contributed by atoms with van der Waals surface area (Å²) in [6.45, 7) is 1.63. The molecule has 1 nitrogen and oxygen atoms in total. The fraction of sp³-hybridized carbons (Fsp3) is 0.286. The minimum Gasteiger partial charge on any atom is -0.285 e. The maximum Gasteiger partial charge on any atom is 0.209 e. The zero-order chi connectivity index (χ0) is 7.11. The predicted molar refractivity (Wildman–Crippen MR) is 38.1 cm³/mol. The van der Waals surface area contributed by atoms with Crippen LogP contribution in [0, 0.1) is 11.8 Å². The Morgan fingerprint density at radius 3 is 2.89 bits per heavy atom. The zero-order valence-electron chi connectivity index (χ0n) is 5.15. The Morgan fingerprint density at radius 1 is 1.78 bits per heavy atom. The molecule has 0 aromatic carbocycles. The molecule has 0 radical (unpaired) electrons. The summed E-state index contributed by atoms with van der Waals surface area (Å²) < 4.78 is 0. The number of rotatable bonds is 2. The van der Waals surface area contributed by atoms with E-state index in [0.29, 0.717) is 6.42 Å². The first kappa shape index (κ1) is 8.26. The first-order valence-corrected chi connectivity index (χ1v) is 2.95. The first-order chi connectivity index (χ1) is 4.31. The van der Waals surface area contributed by atoms with Crippen LogP contribution in [0.15, 0.2) is 11.6 Å². The van der Waals surface area contributed by atoms with Gasteiger partial charge in [0.05, 0.1) is 0 Å². The summed E-state index contributed by atoms with van der Waals surface area (Å²) in [6, 6.07) is 0. The van der Waals surface area contributed by atoms with E-state index in [9.17, 15) is 4.79 Å². The predicted octanol–water partition coefficient (Wildman–Crippen LogP) is 1.72. The molecule has 9 heavy (non-hydrogen) atoms. The lowest BCUT2D eigenvalue weighted by Gasteiger charge is -1.78. The lowest BCUT2D eigenvalue weighted by atomic mass is 10.3. The van der Waals surface area contributed by atoms with Crippen molar-refractivity contribution in [3.8, 4) is 11.8 Å². The molecule has 0 spiro atoms. The van der Waals surface area contributed by atoms with Crippen LogP contribution in [-0.2, 0) is 4.79 Å². The molecule has 0 heterocycles. The van der Waals surface area contributed by atoms with Crippen molar-refractivity contribution in [3.05, 3.63) is 11.6 Å². The average molecular weight is 143 g/mol. The van der Waals surface area contributed by atoms with Crippen molar-refractivity contribution in [1.29, 1.82) is 0 Å². The highest BCUT2D eigenvalue weighted by Crippen LogP contribution is 1.86. The summed E-state index contributed by atoms with van der Waals surface area (Å²) in [4.78, 5) is 10.5. The van der Waals surface area contributed by atoms with Crippen molar-refractivity contribution in [2.75, 3.05) is 0 Å². The number of carbonyl (C=O) groups is 1. The largest absolute Gasteiger partial charge is 0.285 e. The van der Waals surface area contributed by atoms with Crippen molar-refractivity contribution >= 4 is 17.4 Å². The van der Waals surface area contributed by atoms with Gasteiger partial charge in [-0.05, 0) is 12.8 Å². The Balaban J connectivity index is 3.60. The number of hydrogen-bond acceptors (Lipinski definition) is 1. The van der Waals surface area contributed by atoms with Crippen molar-refractivity contribution in [2.24, 2.45) is 0 Å². The van der Waals surface area contributed by atoms with Crippen molar-refractivity contribution < 1.29 is 4.79 Å². The Hall–Kier alpha value is -0.740. The second-order valence-corrected chi connectivity index (χ2v) is 1.62. The van der Waals surface area contributed by atoms with Crippen molar-refractivity contribution in [2.45, 2.75) is 13.3 Å². The molecule has 0 fully saturated rings. The Kier molecular flexibility index (Phi) is 4.95. The van der Waals surface area contributed by atoms with Gasteiger partial charge in [0.2, 0.25) is 5.78 Å².